The fraction of sp³-hybridized carbons (Fsp3) is 0.200. The van der Waals surface area contributed by atoms with E-state index in [-0.39, 0.29) is 5.76 Å². The zero-order valence-electron chi connectivity index (χ0n) is 3.76. The van der Waals surface area contributed by atoms with Crippen molar-refractivity contribution in [2.75, 3.05) is 6.61 Å². The lowest BCUT2D eigenvalue weighted by Gasteiger charge is -1.97. The molecule has 0 N–H and O–H groups in total. The van der Waals surface area contributed by atoms with E-state index in [1.807, 2.05) is 0 Å². The van der Waals surface area contributed by atoms with E-state index < -0.39 is 0 Å². The summed E-state index contributed by atoms with van der Waals surface area (Å²) in [4.78, 5) is 0. The highest BCUT2D eigenvalue weighted by Crippen LogP contribution is 1.97. The van der Waals surface area contributed by atoms with Crippen molar-refractivity contribution in [3.63, 3.8) is 0 Å². The molecule has 0 atom stereocenters. The molecular formula is C5H5O2. The smallest absolute Gasteiger partial charge is 0.181 e. The fourth-order valence-electron chi connectivity index (χ4n) is 0.369. The van der Waals surface area contributed by atoms with Crippen molar-refractivity contribution in [1.29, 1.82) is 0 Å². The van der Waals surface area contributed by atoms with Crippen LogP contribution >= 0.6 is 0 Å². The van der Waals surface area contributed by atoms with E-state index in [4.69, 9.17) is 0 Å². The van der Waals surface area contributed by atoms with Crippen LogP contribution in [0, 0.1) is 0 Å². The van der Waals surface area contributed by atoms with Gasteiger partial charge in [0.1, 0.15) is 6.61 Å². The molecule has 1 rings (SSSR count). The second kappa shape index (κ2) is 1.69. The summed E-state index contributed by atoms with van der Waals surface area (Å²) in [7, 11) is 0. The van der Waals surface area contributed by atoms with Gasteiger partial charge in [0, 0.05) is 12.2 Å². The molecule has 2 heteroatoms. The Hall–Kier alpha value is -0.920. The number of allylic oxidation sites excluding steroid dienone is 1. The van der Waals surface area contributed by atoms with Crippen LogP contribution in [0.25, 0.3) is 0 Å². The summed E-state index contributed by atoms with van der Waals surface area (Å²) in [5, 5.41) is 10.2. The van der Waals surface area contributed by atoms with E-state index in [1.165, 1.54) is 18.4 Å². The first kappa shape index (κ1) is 4.24. The topological polar surface area (TPSA) is 29.1 Å². The van der Waals surface area contributed by atoms with Crippen LogP contribution in [-0.2, 0) is 9.84 Å². The third-order valence-corrected chi connectivity index (χ3v) is 0.709. The summed E-state index contributed by atoms with van der Waals surface area (Å²) < 4.78 is 4.68. The molecule has 2 nitrogen and oxygen atoms in total. The van der Waals surface area contributed by atoms with Gasteiger partial charge in [0.15, 0.2) is 5.76 Å². The lowest BCUT2D eigenvalue weighted by molar-refractivity contribution is 0.250. The molecule has 0 saturated heterocycles. The van der Waals surface area contributed by atoms with Crippen molar-refractivity contribution in [2.24, 2.45) is 0 Å². The largest absolute Gasteiger partial charge is 0.497 e. The molecule has 0 fully saturated rings. The highest BCUT2D eigenvalue weighted by molar-refractivity contribution is 5.10. The van der Waals surface area contributed by atoms with Crippen LogP contribution in [0.2, 0.25) is 0 Å². The van der Waals surface area contributed by atoms with E-state index >= 15 is 0 Å². The molecule has 1 radical (unpaired) electrons. The lowest BCUT2D eigenvalue weighted by atomic mass is 10.4. The minimum Gasteiger partial charge on any atom is -0.497 e. The van der Waals surface area contributed by atoms with Crippen LogP contribution in [0.4, 0.5) is 0 Å². The Morgan fingerprint density at radius 1 is 1.71 bits per heavy atom. The Bertz CT molecular complexity index is 113. The van der Waals surface area contributed by atoms with Gasteiger partial charge < -0.3 is 4.74 Å². The standard InChI is InChI=1S/C5H5O2/c6-5-1-3-7-4-2-5/h1-3H,4H2. The van der Waals surface area contributed by atoms with Crippen molar-refractivity contribution < 1.29 is 9.84 Å². The third kappa shape index (κ3) is 0.961. The second-order valence-electron chi connectivity index (χ2n) is 1.24. The summed E-state index contributed by atoms with van der Waals surface area (Å²) >= 11 is 0. The van der Waals surface area contributed by atoms with Crippen LogP contribution in [0.5, 0.6) is 0 Å². The normalized spacial score (nSPS) is 18.0. The molecule has 0 aromatic carbocycles. The molecule has 0 aromatic rings. The SMILES string of the molecule is [O]C1=CCOC=C1. The van der Waals surface area contributed by atoms with Gasteiger partial charge in [-0.25, -0.2) is 0 Å². The van der Waals surface area contributed by atoms with E-state index in [0.717, 1.165) is 0 Å². The van der Waals surface area contributed by atoms with Crippen LogP contribution < -0.4 is 0 Å². The van der Waals surface area contributed by atoms with Crippen LogP contribution in [0.3, 0.4) is 0 Å². The average Bonchev–Trinajstić information content (AvgIpc) is 1.69. The summed E-state index contributed by atoms with van der Waals surface area (Å²) in [6.07, 6.45) is 4.28. The number of hydrogen-bond acceptors (Lipinski definition) is 1. The van der Waals surface area contributed by atoms with Gasteiger partial charge in [-0.05, 0) is 0 Å². The molecule has 0 saturated carbocycles. The minimum atomic E-state index is 0.0336. The highest BCUT2D eigenvalue weighted by atomic mass is 16.5. The van der Waals surface area contributed by atoms with Gasteiger partial charge >= 0.3 is 0 Å². The highest BCUT2D eigenvalue weighted by Gasteiger charge is 1.91. The van der Waals surface area contributed by atoms with Gasteiger partial charge in [-0.2, -0.15) is 0 Å². The average molecular weight is 97.1 g/mol. The zero-order valence-corrected chi connectivity index (χ0v) is 3.76. The van der Waals surface area contributed by atoms with Crippen molar-refractivity contribution in [3.05, 3.63) is 24.2 Å². The predicted octanol–water partition coefficient (Wildman–Crippen LogP) is 0.845. The third-order valence-electron chi connectivity index (χ3n) is 0.709. The Kier molecular flexibility index (Phi) is 1.02. The monoisotopic (exact) mass is 97.0 g/mol. The van der Waals surface area contributed by atoms with E-state index in [9.17, 15) is 5.11 Å². The molecule has 1 aliphatic rings. The van der Waals surface area contributed by atoms with Crippen LogP contribution in [0.15, 0.2) is 24.2 Å². The Labute approximate surface area is 41.7 Å². The molecule has 0 aromatic heterocycles. The predicted molar refractivity (Wildman–Crippen MR) is 23.9 cm³/mol. The maximum absolute atomic E-state index is 10.2. The molecule has 0 amide bonds. The molecule has 7 heavy (non-hydrogen) atoms. The maximum Gasteiger partial charge on any atom is 0.181 e. The van der Waals surface area contributed by atoms with Crippen LogP contribution in [-0.4, -0.2) is 6.61 Å². The Morgan fingerprint density at radius 3 is 2.86 bits per heavy atom. The van der Waals surface area contributed by atoms with Crippen LogP contribution in [0.1, 0.15) is 0 Å². The maximum atomic E-state index is 10.2. The van der Waals surface area contributed by atoms with Gasteiger partial charge in [0.05, 0.1) is 6.26 Å². The first-order valence-electron chi connectivity index (χ1n) is 2.05. The second-order valence-corrected chi connectivity index (χ2v) is 1.24. The van der Waals surface area contributed by atoms with Crippen molar-refractivity contribution >= 4 is 0 Å². The summed E-state index contributed by atoms with van der Waals surface area (Å²) in [6.45, 7) is 0.426. The summed E-state index contributed by atoms with van der Waals surface area (Å²) in [5.41, 5.74) is 0. The van der Waals surface area contributed by atoms with E-state index in [2.05, 4.69) is 4.74 Å². The Balaban J connectivity index is 2.58. The number of hydrogen-bond donors (Lipinski definition) is 0. The van der Waals surface area contributed by atoms with Gasteiger partial charge in [-0.15, -0.1) is 0 Å². The lowest BCUT2D eigenvalue weighted by Crippen LogP contribution is -1.88. The molecule has 0 unspecified atom stereocenters. The summed E-state index contributed by atoms with van der Waals surface area (Å²) in [5.74, 6) is 0.0336. The first-order valence-corrected chi connectivity index (χ1v) is 2.05. The van der Waals surface area contributed by atoms with Gasteiger partial charge in [-0.3, -0.25) is 5.11 Å². The summed E-state index contributed by atoms with van der Waals surface area (Å²) in [6, 6.07) is 0. The number of rotatable bonds is 0. The van der Waals surface area contributed by atoms with Crippen molar-refractivity contribution in [3.8, 4) is 0 Å². The number of ether oxygens (including phenoxy) is 1. The molecule has 1 aliphatic heterocycles. The molecule has 0 bridgehead atoms. The Morgan fingerprint density at radius 2 is 2.57 bits per heavy atom. The van der Waals surface area contributed by atoms with Crippen molar-refractivity contribution in [1.82, 2.24) is 0 Å². The molecule has 37 valence electrons. The molecule has 0 spiro atoms. The van der Waals surface area contributed by atoms with Crippen molar-refractivity contribution in [2.45, 2.75) is 0 Å². The molecule has 0 aliphatic carbocycles. The molecular weight excluding hydrogens is 92.1 g/mol. The van der Waals surface area contributed by atoms with E-state index in [1.54, 1.807) is 0 Å². The van der Waals surface area contributed by atoms with E-state index in [0.29, 0.717) is 6.61 Å². The van der Waals surface area contributed by atoms with Gasteiger partial charge in [0.25, 0.3) is 0 Å². The first-order chi connectivity index (χ1) is 3.39. The minimum absolute atomic E-state index is 0.0336. The fourth-order valence-corrected chi connectivity index (χ4v) is 0.369. The van der Waals surface area contributed by atoms with Gasteiger partial charge in [-0.1, -0.05) is 0 Å². The van der Waals surface area contributed by atoms with Gasteiger partial charge in [0.2, 0.25) is 0 Å². The zero-order chi connectivity index (χ0) is 5.11. The molecule has 1 heterocycles. The quantitative estimate of drug-likeness (QED) is 0.440.